The Labute approximate surface area is 96.6 Å². The lowest BCUT2D eigenvalue weighted by molar-refractivity contribution is -0.138. The highest BCUT2D eigenvalue weighted by Crippen LogP contribution is 2.02. The summed E-state index contributed by atoms with van der Waals surface area (Å²) in [6, 6.07) is 0.390. The van der Waals surface area contributed by atoms with Gasteiger partial charge in [0.05, 0.1) is 6.61 Å². The second-order valence-corrected chi connectivity index (χ2v) is 4.58. The van der Waals surface area contributed by atoms with Crippen molar-refractivity contribution in [2.75, 3.05) is 24.7 Å². The Morgan fingerprint density at radius 1 is 1.53 bits per heavy atom. The third-order valence-corrected chi connectivity index (χ3v) is 2.94. The molecule has 0 aliphatic heterocycles. The highest BCUT2D eigenvalue weighted by Gasteiger charge is 2.08. The van der Waals surface area contributed by atoms with Gasteiger partial charge in [0.15, 0.2) is 0 Å². The highest BCUT2D eigenvalue weighted by molar-refractivity contribution is 7.99. The van der Waals surface area contributed by atoms with Gasteiger partial charge < -0.3 is 10.1 Å². The molecule has 0 aromatic heterocycles. The van der Waals surface area contributed by atoms with Crippen LogP contribution in [0.2, 0.25) is 0 Å². The Morgan fingerprint density at radius 2 is 2.20 bits per heavy atom. The van der Waals surface area contributed by atoms with Crippen LogP contribution in [0.1, 0.15) is 20.8 Å². The summed E-state index contributed by atoms with van der Waals surface area (Å²) in [6.45, 7) is 10.6. The standard InChI is InChI=1S/C11H21NO2S/c1-5-14-11(13)9(3)7-12-10(4)8-15-6-2/h10,12H,3,5-8H2,1-2,4H3. The molecule has 0 aromatic rings. The number of hydrogen-bond acceptors (Lipinski definition) is 4. The van der Waals surface area contributed by atoms with Gasteiger partial charge in [0.1, 0.15) is 0 Å². The van der Waals surface area contributed by atoms with Crippen LogP contribution >= 0.6 is 11.8 Å². The zero-order valence-electron chi connectivity index (χ0n) is 9.84. The van der Waals surface area contributed by atoms with Crippen LogP contribution in [-0.2, 0) is 9.53 Å². The molecule has 1 unspecified atom stereocenters. The van der Waals surface area contributed by atoms with E-state index in [1.54, 1.807) is 6.92 Å². The van der Waals surface area contributed by atoms with Gasteiger partial charge >= 0.3 is 5.97 Å². The van der Waals surface area contributed by atoms with E-state index in [2.05, 4.69) is 25.7 Å². The van der Waals surface area contributed by atoms with Crippen molar-refractivity contribution in [1.29, 1.82) is 0 Å². The van der Waals surface area contributed by atoms with Gasteiger partial charge in [-0.25, -0.2) is 4.79 Å². The number of carbonyl (C=O) groups is 1. The normalized spacial score (nSPS) is 12.2. The fraction of sp³-hybridized carbons (Fsp3) is 0.727. The Bertz CT molecular complexity index is 207. The maximum absolute atomic E-state index is 11.2. The van der Waals surface area contributed by atoms with Crippen LogP contribution in [0.15, 0.2) is 12.2 Å². The molecule has 0 bridgehead atoms. The van der Waals surface area contributed by atoms with Crippen molar-refractivity contribution in [3.05, 3.63) is 12.2 Å². The first-order valence-corrected chi connectivity index (χ1v) is 6.43. The maximum Gasteiger partial charge on any atom is 0.334 e. The summed E-state index contributed by atoms with van der Waals surface area (Å²) in [7, 11) is 0. The molecule has 0 aliphatic carbocycles. The van der Waals surface area contributed by atoms with Crippen LogP contribution in [0.25, 0.3) is 0 Å². The molecule has 1 N–H and O–H groups in total. The van der Waals surface area contributed by atoms with Gasteiger partial charge in [0.2, 0.25) is 0 Å². The fourth-order valence-electron chi connectivity index (χ4n) is 0.956. The fourth-order valence-corrected chi connectivity index (χ4v) is 1.66. The van der Waals surface area contributed by atoms with Gasteiger partial charge in [-0.15, -0.1) is 0 Å². The number of esters is 1. The van der Waals surface area contributed by atoms with E-state index in [1.807, 2.05) is 11.8 Å². The minimum atomic E-state index is -0.305. The maximum atomic E-state index is 11.2. The second kappa shape index (κ2) is 8.80. The summed E-state index contributed by atoms with van der Waals surface area (Å²) < 4.78 is 4.83. The van der Waals surface area contributed by atoms with E-state index in [1.165, 1.54) is 0 Å². The molecule has 15 heavy (non-hydrogen) atoms. The first-order valence-electron chi connectivity index (χ1n) is 5.27. The average molecular weight is 231 g/mol. The molecule has 0 heterocycles. The highest BCUT2D eigenvalue weighted by atomic mass is 32.2. The molecule has 1 atom stereocenters. The molecule has 3 nitrogen and oxygen atoms in total. The monoisotopic (exact) mass is 231 g/mol. The molecular formula is C11H21NO2S. The van der Waals surface area contributed by atoms with Crippen molar-refractivity contribution in [3.8, 4) is 0 Å². The second-order valence-electron chi connectivity index (χ2n) is 3.27. The zero-order valence-corrected chi connectivity index (χ0v) is 10.7. The van der Waals surface area contributed by atoms with E-state index in [0.29, 0.717) is 24.8 Å². The van der Waals surface area contributed by atoms with Crippen LogP contribution in [0.5, 0.6) is 0 Å². The molecule has 0 aliphatic rings. The molecular weight excluding hydrogens is 210 g/mol. The van der Waals surface area contributed by atoms with Gasteiger partial charge in [-0.3, -0.25) is 0 Å². The molecule has 0 fully saturated rings. The summed E-state index contributed by atoms with van der Waals surface area (Å²) in [5.74, 6) is 1.86. The summed E-state index contributed by atoms with van der Waals surface area (Å²) in [5, 5.41) is 3.24. The van der Waals surface area contributed by atoms with Gasteiger partial charge in [0.25, 0.3) is 0 Å². The van der Waals surface area contributed by atoms with E-state index in [0.717, 1.165) is 11.5 Å². The number of nitrogens with one attached hydrogen (secondary N) is 1. The first-order chi connectivity index (χ1) is 7.11. The topological polar surface area (TPSA) is 38.3 Å². The molecule has 0 saturated heterocycles. The van der Waals surface area contributed by atoms with Crippen molar-refractivity contribution in [2.45, 2.75) is 26.8 Å². The molecule has 0 radical (unpaired) electrons. The summed E-state index contributed by atoms with van der Waals surface area (Å²) in [6.07, 6.45) is 0. The molecule has 0 saturated carbocycles. The summed E-state index contributed by atoms with van der Waals surface area (Å²) in [5.41, 5.74) is 0.491. The van der Waals surface area contributed by atoms with Crippen LogP contribution in [0.4, 0.5) is 0 Å². The lowest BCUT2D eigenvalue weighted by Gasteiger charge is -2.13. The summed E-state index contributed by atoms with van der Waals surface area (Å²) in [4.78, 5) is 11.2. The number of hydrogen-bond donors (Lipinski definition) is 1. The number of carbonyl (C=O) groups excluding carboxylic acids is 1. The van der Waals surface area contributed by atoms with E-state index < -0.39 is 0 Å². The van der Waals surface area contributed by atoms with Crippen molar-refractivity contribution in [1.82, 2.24) is 5.32 Å². The van der Waals surface area contributed by atoms with Crippen LogP contribution in [-0.4, -0.2) is 36.7 Å². The Morgan fingerprint density at radius 3 is 2.73 bits per heavy atom. The minimum absolute atomic E-state index is 0.305. The summed E-state index contributed by atoms with van der Waals surface area (Å²) >= 11 is 1.88. The average Bonchev–Trinajstić information content (AvgIpc) is 2.23. The third kappa shape index (κ3) is 7.45. The van der Waals surface area contributed by atoms with Gasteiger partial charge in [0, 0.05) is 23.9 Å². The van der Waals surface area contributed by atoms with Gasteiger partial charge in [-0.05, 0) is 19.6 Å². The Balaban J connectivity index is 3.65. The van der Waals surface area contributed by atoms with Crippen molar-refractivity contribution >= 4 is 17.7 Å². The Kier molecular flexibility index (Phi) is 8.52. The third-order valence-electron chi connectivity index (χ3n) is 1.80. The predicted octanol–water partition coefficient (Wildman–Crippen LogP) is 1.84. The van der Waals surface area contributed by atoms with E-state index in [9.17, 15) is 4.79 Å². The molecule has 4 heteroatoms. The quantitative estimate of drug-likeness (QED) is 0.511. The van der Waals surface area contributed by atoms with E-state index >= 15 is 0 Å². The number of ether oxygens (including phenoxy) is 1. The van der Waals surface area contributed by atoms with E-state index in [-0.39, 0.29) is 5.97 Å². The smallest absolute Gasteiger partial charge is 0.334 e. The van der Waals surface area contributed by atoms with Crippen LogP contribution in [0.3, 0.4) is 0 Å². The first kappa shape index (κ1) is 14.5. The van der Waals surface area contributed by atoms with Gasteiger partial charge in [-0.1, -0.05) is 13.5 Å². The SMILES string of the molecule is C=C(CNC(C)CSCC)C(=O)OCC. The molecule has 0 aromatic carbocycles. The van der Waals surface area contributed by atoms with E-state index in [4.69, 9.17) is 4.74 Å². The Hall–Kier alpha value is -0.480. The predicted molar refractivity (Wildman–Crippen MR) is 66.2 cm³/mol. The molecule has 88 valence electrons. The van der Waals surface area contributed by atoms with Crippen LogP contribution in [0, 0.1) is 0 Å². The lowest BCUT2D eigenvalue weighted by atomic mass is 10.3. The lowest BCUT2D eigenvalue weighted by Crippen LogP contribution is -2.31. The zero-order chi connectivity index (χ0) is 11.7. The minimum Gasteiger partial charge on any atom is -0.463 e. The largest absolute Gasteiger partial charge is 0.463 e. The molecule has 0 spiro atoms. The number of rotatable bonds is 8. The van der Waals surface area contributed by atoms with Crippen molar-refractivity contribution in [2.24, 2.45) is 0 Å². The number of thioether (sulfide) groups is 1. The van der Waals surface area contributed by atoms with Gasteiger partial charge in [-0.2, -0.15) is 11.8 Å². The molecule has 0 rings (SSSR count). The van der Waals surface area contributed by atoms with Crippen LogP contribution < -0.4 is 5.32 Å². The molecule has 0 amide bonds. The van der Waals surface area contributed by atoms with Crippen molar-refractivity contribution in [3.63, 3.8) is 0 Å². The van der Waals surface area contributed by atoms with Crippen molar-refractivity contribution < 1.29 is 9.53 Å².